The Morgan fingerprint density at radius 1 is 0.766 bits per heavy atom. The molecule has 0 unspecified atom stereocenters. The summed E-state index contributed by atoms with van der Waals surface area (Å²) >= 11 is 0. The van der Waals surface area contributed by atoms with Gasteiger partial charge in [0.25, 0.3) is 0 Å². The Morgan fingerprint density at radius 2 is 1.28 bits per heavy atom. The second-order valence-electron chi connectivity index (χ2n) is 13.8. The van der Waals surface area contributed by atoms with Crippen LogP contribution in [0.25, 0.3) is 0 Å². The molecule has 0 saturated heterocycles. The fraction of sp³-hybridized carbons (Fsp3) is 0.872. The number of ketones is 1. The molecule has 8 heteroatoms. The number of carbonyl (C=O) groups excluding carboxylic acids is 3. The van der Waals surface area contributed by atoms with Crippen LogP contribution in [0.4, 0.5) is 0 Å². The van der Waals surface area contributed by atoms with Gasteiger partial charge in [0.05, 0.1) is 18.8 Å². The largest absolute Gasteiger partial charge is 0.462 e. The van der Waals surface area contributed by atoms with Crippen molar-refractivity contribution in [2.75, 3.05) is 13.2 Å². The van der Waals surface area contributed by atoms with E-state index in [9.17, 15) is 29.7 Å². The second kappa shape index (κ2) is 29.2. The fourth-order valence-electron chi connectivity index (χ4n) is 6.45. The normalized spacial score (nSPS) is 19.3. The van der Waals surface area contributed by atoms with Gasteiger partial charge in [-0.15, -0.1) is 0 Å². The average molecular weight is 667 g/mol. The number of esters is 2. The number of ether oxygens (including phenoxy) is 2. The Morgan fingerprint density at radius 3 is 1.85 bits per heavy atom. The van der Waals surface area contributed by atoms with Gasteiger partial charge < -0.3 is 24.8 Å². The molecule has 0 radical (unpaired) electrons. The number of rotatable bonds is 31. The average Bonchev–Trinajstić information content (AvgIpc) is 3.32. The highest BCUT2D eigenvalue weighted by Gasteiger charge is 2.39. The minimum atomic E-state index is -0.854. The van der Waals surface area contributed by atoms with Crippen LogP contribution in [0.5, 0.6) is 0 Å². The summed E-state index contributed by atoms with van der Waals surface area (Å²) in [7, 11) is 0. The first-order valence-electron chi connectivity index (χ1n) is 19.3. The quantitative estimate of drug-likeness (QED) is 0.0383. The lowest BCUT2D eigenvalue weighted by Gasteiger charge is -2.18. The van der Waals surface area contributed by atoms with Crippen LogP contribution in [0.3, 0.4) is 0 Å². The molecular formula is C39H70O8. The van der Waals surface area contributed by atoms with Gasteiger partial charge in [-0.1, -0.05) is 142 Å². The molecule has 0 aromatic carbocycles. The highest BCUT2D eigenvalue weighted by Crippen LogP contribution is 2.34. The molecule has 0 amide bonds. The van der Waals surface area contributed by atoms with E-state index < -0.39 is 30.9 Å². The lowest BCUT2D eigenvalue weighted by Crippen LogP contribution is -2.28. The SMILES string of the molecule is CCCCCCCCCCCCCCCC(=O)OC[C@H](CO)OC(=O)CCCCCC[C@H]1C(=O)C[C@@H](O)[C@@H]1/C=C/[C@@H](O)CCCCC. The predicted octanol–water partition coefficient (Wildman–Crippen LogP) is 8.32. The van der Waals surface area contributed by atoms with Gasteiger partial charge in [-0.25, -0.2) is 0 Å². The fourth-order valence-corrected chi connectivity index (χ4v) is 6.45. The van der Waals surface area contributed by atoms with Crippen LogP contribution in [0.15, 0.2) is 12.2 Å². The van der Waals surface area contributed by atoms with Crippen LogP contribution in [-0.4, -0.2) is 64.6 Å². The summed E-state index contributed by atoms with van der Waals surface area (Å²) in [4.78, 5) is 36.8. The molecule has 0 bridgehead atoms. The number of aliphatic hydroxyl groups excluding tert-OH is 3. The first kappa shape index (κ1) is 43.3. The van der Waals surface area contributed by atoms with Crippen molar-refractivity contribution in [1.29, 1.82) is 0 Å². The number of aliphatic hydroxyl groups is 3. The Bertz CT molecular complexity index is 828. The molecule has 0 spiro atoms. The van der Waals surface area contributed by atoms with Crippen LogP contribution < -0.4 is 0 Å². The predicted molar refractivity (Wildman–Crippen MR) is 188 cm³/mol. The minimum Gasteiger partial charge on any atom is -0.462 e. The van der Waals surface area contributed by atoms with Gasteiger partial charge in [0, 0.05) is 31.1 Å². The van der Waals surface area contributed by atoms with E-state index in [0.717, 1.165) is 57.8 Å². The summed E-state index contributed by atoms with van der Waals surface area (Å²) in [6.07, 6.45) is 25.9. The summed E-state index contributed by atoms with van der Waals surface area (Å²) in [6, 6.07) is 0. The Balaban J connectivity index is 2.10. The van der Waals surface area contributed by atoms with Crippen LogP contribution in [-0.2, 0) is 23.9 Å². The lowest BCUT2D eigenvalue weighted by molar-refractivity contribution is -0.161. The third-order valence-corrected chi connectivity index (χ3v) is 9.45. The summed E-state index contributed by atoms with van der Waals surface area (Å²) in [5.74, 6) is -1.15. The van der Waals surface area contributed by atoms with Gasteiger partial charge >= 0.3 is 11.9 Å². The zero-order chi connectivity index (χ0) is 34.5. The summed E-state index contributed by atoms with van der Waals surface area (Å²) < 4.78 is 10.6. The maximum atomic E-state index is 12.5. The van der Waals surface area contributed by atoms with Crippen LogP contribution in [0, 0.1) is 11.8 Å². The molecule has 274 valence electrons. The third kappa shape index (κ3) is 22.5. The molecule has 8 nitrogen and oxygen atoms in total. The number of carbonyl (C=O) groups is 3. The molecule has 5 atom stereocenters. The molecule has 0 heterocycles. The van der Waals surface area contributed by atoms with Gasteiger partial charge in [-0.3, -0.25) is 14.4 Å². The number of hydrogen-bond donors (Lipinski definition) is 3. The zero-order valence-electron chi connectivity index (χ0n) is 30.0. The van der Waals surface area contributed by atoms with E-state index in [2.05, 4.69) is 13.8 Å². The molecule has 3 N–H and O–H groups in total. The highest BCUT2D eigenvalue weighted by molar-refractivity contribution is 5.84. The van der Waals surface area contributed by atoms with E-state index in [0.29, 0.717) is 25.7 Å². The molecule has 0 aliphatic heterocycles. The standard InChI is InChI=1S/C39H70O8/c1-3-5-7-8-9-10-11-12-13-14-15-16-21-25-38(44)46-31-33(30-40)47-39(45)26-22-18-17-20-24-34-35(37(43)29-36(34)42)28-27-32(41)23-19-6-4-2/h27-28,32-35,37,40-41,43H,3-26,29-31H2,1-2H3/b28-27+/t32-,33-,34+,35+,37+/m0/s1. The van der Waals surface area contributed by atoms with Crippen molar-refractivity contribution in [2.24, 2.45) is 11.8 Å². The van der Waals surface area contributed by atoms with E-state index in [1.807, 2.05) is 6.08 Å². The molecule has 1 saturated carbocycles. The van der Waals surface area contributed by atoms with Crippen LogP contribution in [0.2, 0.25) is 0 Å². The summed E-state index contributed by atoms with van der Waals surface area (Å²) in [5.41, 5.74) is 0. The molecular weight excluding hydrogens is 596 g/mol. The molecule has 1 aliphatic carbocycles. The molecule has 47 heavy (non-hydrogen) atoms. The number of hydrogen-bond acceptors (Lipinski definition) is 8. The van der Waals surface area contributed by atoms with Crippen molar-refractivity contribution in [2.45, 2.75) is 193 Å². The van der Waals surface area contributed by atoms with E-state index in [1.165, 1.54) is 64.2 Å². The van der Waals surface area contributed by atoms with Gasteiger partial charge in [0.2, 0.25) is 0 Å². The molecule has 0 aromatic rings. The molecule has 1 rings (SSSR count). The van der Waals surface area contributed by atoms with Gasteiger partial charge in [-0.05, 0) is 25.7 Å². The van der Waals surface area contributed by atoms with Gasteiger partial charge in [-0.2, -0.15) is 0 Å². The Hall–Kier alpha value is -1.77. The maximum absolute atomic E-state index is 12.5. The number of Topliss-reactive ketones (excluding diaryl/α,β-unsaturated/α-hetero) is 1. The van der Waals surface area contributed by atoms with Crippen molar-refractivity contribution in [3.05, 3.63) is 12.2 Å². The second-order valence-corrected chi connectivity index (χ2v) is 13.8. The van der Waals surface area contributed by atoms with Gasteiger partial charge in [0.15, 0.2) is 6.10 Å². The third-order valence-electron chi connectivity index (χ3n) is 9.45. The van der Waals surface area contributed by atoms with Crippen molar-refractivity contribution in [3.8, 4) is 0 Å². The summed E-state index contributed by atoms with van der Waals surface area (Å²) in [6.45, 7) is 3.84. The Labute approximate surface area is 286 Å². The van der Waals surface area contributed by atoms with Crippen molar-refractivity contribution >= 4 is 17.7 Å². The van der Waals surface area contributed by atoms with E-state index >= 15 is 0 Å². The first-order chi connectivity index (χ1) is 22.8. The Kier molecular flexibility index (Phi) is 26.8. The van der Waals surface area contributed by atoms with E-state index in [4.69, 9.17) is 9.47 Å². The van der Waals surface area contributed by atoms with Crippen LogP contribution in [0.1, 0.15) is 174 Å². The van der Waals surface area contributed by atoms with Crippen LogP contribution >= 0.6 is 0 Å². The van der Waals surface area contributed by atoms with Crippen molar-refractivity contribution < 1.29 is 39.2 Å². The first-order valence-corrected chi connectivity index (χ1v) is 19.3. The lowest BCUT2D eigenvalue weighted by atomic mass is 9.88. The van der Waals surface area contributed by atoms with E-state index in [-0.39, 0.29) is 43.0 Å². The zero-order valence-corrected chi connectivity index (χ0v) is 30.0. The van der Waals surface area contributed by atoms with Crippen molar-refractivity contribution in [1.82, 2.24) is 0 Å². The molecule has 0 aromatic heterocycles. The summed E-state index contributed by atoms with van der Waals surface area (Å²) in [5, 5.41) is 30.1. The highest BCUT2D eigenvalue weighted by atomic mass is 16.6. The minimum absolute atomic E-state index is 0.0799. The maximum Gasteiger partial charge on any atom is 0.306 e. The van der Waals surface area contributed by atoms with Crippen molar-refractivity contribution in [3.63, 3.8) is 0 Å². The monoisotopic (exact) mass is 667 g/mol. The van der Waals surface area contributed by atoms with Gasteiger partial charge in [0.1, 0.15) is 12.4 Å². The molecule has 1 aliphatic rings. The number of unbranched alkanes of at least 4 members (excludes halogenated alkanes) is 17. The molecule has 1 fully saturated rings. The smallest absolute Gasteiger partial charge is 0.306 e. The topological polar surface area (TPSA) is 130 Å². The van der Waals surface area contributed by atoms with E-state index in [1.54, 1.807) is 6.08 Å².